The lowest BCUT2D eigenvalue weighted by atomic mass is 10.2. The molecular formula is C19H25BrN4O2. The maximum absolute atomic E-state index is 12.9. The monoisotopic (exact) mass is 420 g/mol. The van der Waals surface area contributed by atoms with E-state index in [0.29, 0.717) is 25.3 Å². The number of para-hydroxylation sites is 1. The first-order valence-electron chi connectivity index (χ1n) is 9.10. The van der Waals surface area contributed by atoms with Crippen LogP contribution < -0.4 is 0 Å². The van der Waals surface area contributed by atoms with Crippen molar-refractivity contribution in [1.82, 2.24) is 19.7 Å². The molecule has 1 N–H and O–H groups in total. The summed E-state index contributed by atoms with van der Waals surface area (Å²) in [6.07, 6.45) is 0. The normalized spacial score (nSPS) is 15.4. The van der Waals surface area contributed by atoms with Gasteiger partial charge in [-0.2, -0.15) is 0 Å². The predicted molar refractivity (Wildman–Crippen MR) is 106 cm³/mol. The van der Waals surface area contributed by atoms with Gasteiger partial charge in [0.2, 0.25) is 5.91 Å². The summed E-state index contributed by atoms with van der Waals surface area (Å²) in [5.74, 6) is 0.163. The molecule has 0 aliphatic carbocycles. The third kappa shape index (κ3) is 3.78. The SMILES string of the molecule is CCN(CC)C(=O)CN1CCN(C(=O)c2[nH]c3ccccc3c2Br)CC1. The van der Waals surface area contributed by atoms with Crippen LogP contribution in [0.25, 0.3) is 10.9 Å². The van der Waals surface area contributed by atoms with Gasteiger partial charge in [0.05, 0.1) is 11.0 Å². The lowest BCUT2D eigenvalue weighted by Crippen LogP contribution is -2.51. The highest BCUT2D eigenvalue weighted by molar-refractivity contribution is 9.10. The summed E-state index contributed by atoms with van der Waals surface area (Å²) >= 11 is 3.56. The Balaban J connectivity index is 1.61. The van der Waals surface area contributed by atoms with Crippen LogP contribution in [0, 0.1) is 0 Å². The van der Waals surface area contributed by atoms with Crippen LogP contribution in [0.1, 0.15) is 24.3 Å². The quantitative estimate of drug-likeness (QED) is 0.808. The lowest BCUT2D eigenvalue weighted by molar-refractivity contribution is -0.132. The number of H-pyrrole nitrogens is 1. The van der Waals surface area contributed by atoms with Crippen LogP contribution in [0.5, 0.6) is 0 Å². The molecule has 0 saturated carbocycles. The number of hydrogen-bond acceptors (Lipinski definition) is 3. The molecule has 0 spiro atoms. The first-order chi connectivity index (χ1) is 12.5. The smallest absolute Gasteiger partial charge is 0.271 e. The number of benzene rings is 1. The van der Waals surface area contributed by atoms with Gasteiger partial charge in [0.25, 0.3) is 5.91 Å². The van der Waals surface area contributed by atoms with Crippen molar-refractivity contribution in [3.8, 4) is 0 Å². The van der Waals surface area contributed by atoms with Crippen molar-refractivity contribution in [1.29, 1.82) is 0 Å². The maximum atomic E-state index is 12.9. The molecule has 1 aromatic heterocycles. The van der Waals surface area contributed by atoms with E-state index in [0.717, 1.165) is 41.6 Å². The summed E-state index contributed by atoms with van der Waals surface area (Å²) in [6.45, 7) is 8.60. The van der Waals surface area contributed by atoms with E-state index in [-0.39, 0.29) is 11.8 Å². The lowest BCUT2D eigenvalue weighted by Gasteiger charge is -2.35. The van der Waals surface area contributed by atoms with Crippen LogP contribution in [0.2, 0.25) is 0 Å². The minimum absolute atomic E-state index is 0.00259. The van der Waals surface area contributed by atoms with Gasteiger partial charge in [-0.1, -0.05) is 18.2 Å². The first kappa shape index (κ1) is 18.9. The Morgan fingerprint density at radius 2 is 1.77 bits per heavy atom. The number of fused-ring (bicyclic) bond motifs is 1. The van der Waals surface area contributed by atoms with E-state index in [4.69, 9.17) is 0 Å². The Morgan fingerprint density at radius 1 is 1.12 bits per heavy atom. The molecule has 1 saturated heterocycles. The number of amides is 2. The van der Waals surface area contributed by atoms with Crippen LogP contribution in [-0.4, -0.2) is 77.3 Å². The van der Waals surface area contributed by atoms with E-state index < -0.39 is 0 Å². The maximum Gasteiger partial charge on any atom is 0.271 e. The fraction of sp³-hybridized carbons (Fsp3) is 0.474. The van der Waals surface area contributed by atoms with Gasteiger partial charge in [0.15, 0.2) is 0 Å². The number of aromatic amines is 1. The van der Waals surface area contributed by atoms with Crippen LogP contribution in [0.4, 0.5) is 0 Å². The summed E-state index contributed by atoms with van der Waals surface area (Å²) in [4.78, 5) is 34.2. The van der Waals surface area contributed by atoms with Gasteiger partial charge < -0.3 is 14.8 Å². The Hall–Kier alpha value is -1.86. The Bertz CT molecular complexity index is 792. The number of piperazine rings is 1. The van der Waals surface area contributed by atoms with E-state index in [1.165, 1.54) is 0 Å². The van der Waals surface area contributed by atoms with Gasteiger partial charge in [-0.15, -0.1) is 0 Å². The average Bonchev–Trinajstić information content (AvgIpc) is 3.00. The molecule has 0 unspecified atom stereocenters. The summed E-state index contributed by atoms with van der Waals surface area (Å²) in [5, 5.41) is 1.01. The zero-order chi connectivity index (χ0) is 18.7. The van der Waals surface area contributed by atoms with Crippen LogP contribution >= 0.6 is 15.9 Å². The molecule has 0 radical (unpaired) electrons. The van der Waals surface area contributed by atoms with Crippen molar-refractivity contribution in [3.63, 3.8) is 0 Å². The second-order valence-electron chi connectivity index (χ2n) is 6.49. The fourth-order valence-corrected chi connectivity index (χ4v) is 4.00. The number of aromatic nitrogens is 1. The second kappa shape index (κ2) is 8.22. The summed E-state index contributed by atoms with van der Waals surface area (Å²) in [6, 6.07) is 7.86. The number of rotatable bonds is 5. The van der Waals surface area contributed by atoms with Gasteiger partial charge in [-0.05, 0) is 35.8 Å². The highest BCUT2D eigenvalue weighted by atomic mass is 79.9. The molecule has 1 aromatic carbocycles. The van der Waals surface area contributed by atoms with E-state index >= 15 is 0 Å². The van der Waals surface area contributed by atoms with Crippen LogP contribution in [-0.2, 0) is 4.79 Å². The molecule has 0 atom stereocenters. The van der Waals surface area contributed by atoms with Crippen molar-refractivity contribution in [2.24, 2.45) is 0 Å². The largest absolute Gasteiger partial charge is 0.350 e. The molecule has 1 aliphatic rings. The molecule has 2 amide bonds. The summed E-state index contributed by atoms with van der Waals surface area (Å²) < 4.78 is 0.817. The summed E-state index contributed by atoms with van der Waals surface area (Å²) in [7, 11) is 0. The Labute approximate surface area is 162 Å². The zero-order valence-electron chi connectivity index (χ0n) is 15.3. The molecule has 3 rings (SSSR count). The number of carbonyl (C=O) groups is 2. The molecule has 0 bridgehead atoms. The summed E-state index contributed by atoms with van der Waals surface area (Å²) in [5.41, 5.74) is 1.55. The minimum Gasteiger partial charge on any atom is -0.350 e. The Morgan fingerprint density at radius 3 is 2.38 bits per heavy atom. The highest BCUT2D eigenvalue weighted by Crippen LogP contribution is 2.28. The molecule has 6 nitrogen and oxygen atoms in total. The van der Waals surface area contributed by atoms with Crippen molar-refractivity contribution >= 4 is 38.6 Å². The number of carbonyl (C=O) groups excluding carboxylic acids is 2. The minimum atomic E-state index is 0.00259. The molecule has 1 fully saturated rings. The number of hydrogen-bond donors (Lipinski definition) is 1. The highest BCUT2D eigenvalue weighted by Gasteiger charge is 2.26. The molecular weight excluding hydrogens is 396 g/mol. The van der Waals surface area contributed by atoms with Gasteiger partial charge in [0.1, 0.15) is 5.69 Å². The van der Waals surface area contributed by atoms with Crippen molar-refractivity contribution in [2.45, 2.75) is 13.8 Å². The topological polar surface area (TPSA) is 59.7 Å². The van der Waals surface area contributed by atoms with Crippen LogP contribution in [0.3, 0.4) is 0 Å². The number of likely N-dealkylation sites (N-methyl/N-ethyl adjacent to an activating group) is 1. The molecule has 140 valence electrons. The van der Waals surface area contributed by atoms with E-state index in [1.54, 1.807) is 0 Å². The standard InChI is InChI=1S/C19H25BrN4O2/c1-3-23(4-2)16(25)13-22-9-11-24(12-10-22)19(26)18-17(20)14-7-5-6-8-15(14)21-18/h5-8,21H,3-4,9-13H2,1-2H3. The van der Waals surface area contributed by atoms with Crippen LogP contribution in [0.15, 0.2) is 28.7 Å². The fourth-order valence-electron chi connectivity index (χ4n) is 3.39. The average molecular weight is 421 g/mol. The Kier molecular flexibility index (Phi) is 5.98. The van der Waals surface area contributed by atoms with Gasteiger partial charge in [-0.3, -0.25) is 14.5 Å². The van der Waals surface area contributed by atoms with Gasteiger partial charge in [0, 0.05) is 50.2 Å². The van der Waals surface area contributed by atoms with Crippen molar-refractivity contribution in [3.05, 3.63) is 34.4 Å². The molecule has 2 aromatic rings. The van der Waals surface area contributed by atoms with Gasteiger partial charge in [-0.25, -0.2) is 0 Å². The number of halogens is 1. The third-order valence-corrected chi connectivity index (χ3v) is 5.81. The van der Waals surface area contributed by atoms with E-state index in [2.05, 4.69) is 25.8 Å². The third-order valence-electron chi connectivity index (χ3n) is 4.99. The number of nitrogens with one attached hydrogen (secondary N) is 1. The van der Waals surface area contributed by atoms with Crippen molar-refractivity contribution in [2.75, 3.05) is 45.8 Å². The molecule has 7 heteroatoms. The molecule has 2 heterocycles. The van der Waals surface area contributed by atoms with E-state index in [1.807, 2.05) is 47.9 Å². The van der Waals surface area contributed by atoms with E-state index in [9.17, 15) is 9.59 Å². The molecule has 26 heavy (non-hydrogen) atoms. The van der Waals surface area contributed by atoms with Gasteiger partial charge >= 0.3 is 0 Å². The first-order valence-corrected chi connectivity index (χ1v) is 9.90. The predicted octanol–water partition coefficient (Wildman–Crippen LogP) is 2.56. The van der Waals surface area contributed by atoms with Crippen molar-refractivity contribution < 1.29 is 9.59 Å². The number of nitrogens with zero attached hydrogens (tertiary/aromatic N) is 3. The second-order valence-corrected chi connectivity index (χ2v) is 7.29. The molecule has 1 aliphatic heterocycles. The zero-order valence-corrected chi connectivity index (χ0v) is 16.9.